The fourth-order valence-electron chi connectivity index (χ4n) is 2.97. The van der Waals surface area contributed by atoms with Crippen LogP contribution in [0.1, 0.15) is 38.3 Å². The van der Waals surface area contributed by atoms with Crippen LogP contribution in [0.4, 0.5) is 5.69 Å². The number of benzene rings is 1. The Morgan fingerprint density at radius 2 is 1.95 bits per heavy atom. The maximum atomic E-state index is 5.82. The van der Waals surface area contributed by atoms with E-state index in [1.807, 2.05) is 0 Å². The first-order chi connectivity index (χ1) is 9.60. The van der Waals surface area contributed by atoms with E-state index in [-0.39, 0.29) is 0 Å². The van der Waals surface area contributed by atoms with Gasteiger partial charge >= 0.3 is 0 Å². The fraction of sp³-hybridized carbons (Fsp3) is 0.647. The molecule has 0 spiro atoms. The molecule has 1 fully saturated rings. The molecule has 0 aromatic heterocycles. The summed E-state index contributed by atoms with van der Waals surface area (Å²) in [6.45, 7) is 12.7. The number of aryl methyl sites for hydroxylation is 1. The van der Waals surface area contributed by atoms with E-state index in [2.05, 4.69) is 56.1 Å². The molecule has 0 radical (unpaired) electrons. The minimum atomic E-state index is 0.309. The summed E-state index contributed by atoms with van der Waals surface area (Å²) >= 11 is 0. The van der Waals surface area contributed by atoms with Crippen LogP contribution in [-0.2, 0) is 11.3 Å². The Labute approximate surface area is 123 Å². The van der Waals surface area contributed by atoms with Gasteiger partial charge in [0, 0.05) is 25.3 Å². The second-order valence-electron chi connectivity index (χ2n) is 5.96. The first-order valence-corrected chi connectivity index (χ1v) is 7.80. The number of rotatable bonds is 5. The van der Waals surface area contributed by atoms with Crippen LogP contribution in [0.15, 0.2) is 18.2 Å². The van der Waals surface area contributed by atoms with Crippen molar-refractivity contribution < 1.29 is 4.74 Å². The molecule has 0 amide bonds. The normalized spacial score (nSPS) is 23.1. The predicted octanol–water partition coefficient (Wildman–Crippen LogP) is 3.11. The third-order valence-electron chi connectivity index (χ3n) is 3.78. The summed E-state index contributed by atoms with van der Waals surface area (Å²) in [4.78, 5) is 2.46. The Kier molecular flexibility index (Phi) is 5.44. The zero-order chi connectivity index (χ0) is 14.5. The third-order valence-corrected chi connectivity index (χ3v) is 3.78. The van der Waals surface area contributed by atoms with Crippen molar-refractivity contribution in [2.45, 2.75) is 52.9 Å². The molecule has 2 atom stereocenters. The van der Waals surface area contributed by atoms with Crippen LogP contribution in [0.5, 0.6) is 0 Å². The summed E-state index contributed by atoms with van der Waals surface area (Å²) in [6.07, 6.45) is 1.80. The quantitative estimate of drug-likeness (QED) is 0.836. The van der Waals surface area contributed by atoms with Crippen LogP contribution in [-0.4, -0.2) is 31.8 Å². The minimum Gasteiger partial charge on any atom is -0.372 e. The van der Waals surface area contributed by atoms with Gasteiger partial charge in [0.15, 0.2) is 0 Å². The molecule has 1 aliphatic heterocycles. The monoisotopic (exact) mass is 276 g/mol. The van der Waals surface area contributed by atoms with E-state index < -0.39 is 0 Å². The molecule has 2 unspecified atom stereocenters. The van der Waals surface area contributed by atoms with E-state index in [9.17, 15) is 0 Å². The molecule has 1 aromatic rings. The lowest BCUT2D eigenvalue weighted by Gasteiger charge is -2.37. The number of hydrogen-bond acceptors (Lipinski definition) is 3. The highest BCUT2D eigenvalue weighted by Crippen LogP contribution is 2.25. The molecule has 2 rings (SSSR count). The van der Waals surface area contributed by atoms with Crippen molar-refractivity contribution >= 4 is 5.69 Å². The Morgan fingerprint density at radius 1 is 1.25 bits per heavy atom. The first-order valence-electron chi connectivity index (χ1n) is 7.80. The van der Waals surface area contributed by atoms with E-state index in [0.29, 0.717) is 12.2 Å². The summed E-state index contributed by atoms with van der Waals surface area (Å²) in [5.41, 5.74) is 4.09. The van der Waals surface area contributed by atoms with E-state index in [1.54, 1.807) is 0 Å². The summed E-state index contributed by atoms with van der Waals surface area (Å²) in [7, 11) is 0. The lowest BCUT2D eigenvalue weighted by atomic mass is 10.1. The number of anilines is 1. The molecule has 1 aliphatic rings. The summed E-state index contributed by atoms with van der Waals surface area (Å²) < 4.78 is 5.82. The van der Waals surface area contributed by atoms with Gasteiger partial charge in [-0.2, -0.15) is 0 Å². The second kappa shape index (κ2) is 7.09. The summed E-state index contributed by atoms with van der Waals surface area (Å²) in [5, 5.41) is 3.46. The van der Waals surface area contributed by atoms with Gasteiger partial charge in [0.05, 0.1) is 12.2 Å². The van der Waals surface area contributed by atoms with Crippen molar-refractivity contribution in [2.75, 3.05) is 24.5 Å². The van der Waals surface area contributed by atoms with Crippen LogP contribution in [0.2, 0.25) is 0 Å². The number of hydrogen-bond donors (Lipinski definition) is 1. The molecule has 1 aromatic carbocycles. The number of nitrogens with one attached hydrogen (secondary N) is 1. The molecule has 0 saturated carbocycles. The van der Waals surface area contributed by atoms with Crippen LogP contribution >= 0.6 is 0 Å². The van der Waals surface area contributed by atoms with Crippen molar-refractivity contribution in [3.05, 3.63) is 29.3 Å². The molecule has 112 valence electrons. The summed E-state index contributed by atoms with van der Waals surface area (Å²) in [5.74, 6) is 0. The van der Waals surface area contributed by atoms with Crippen molar-refractivity contribution in [3.63, 3.8) is 0 Å². The average Bonchev–Trinajstić information content (AvgIpc) is 2.38. The predicted molar refractivity (Wildman–Crippen MR) is 85.4 cm³/mol. The molecular formula is C17H28N2O. The molecule has 1 saturated heterocycles. The van der Waals surface area contributed by atoms with Crippen LogP contribution in [0, 0.1) is 6.92 Å². The zero-order valence-electron chi connectivity index (χ0n) is 13.3. The van der Waals surface area contributed by atoms with Gasteiger partial charge in [0.25, 0.3) is 0 Å². The maximum Gasteiger partial charge on any atom is 0.0726 e. The molecule has 1 N–H and O–H groups in total. The van der Waals surface area contributed by atoms with E-state index in [1.165, 1.54) is 23.2 Å². The topological polar surface area (TPSA) is 24.5 Å². The average molecular weight is 276 g/mol. The van der Waals surface area contributed by atoms with Crippen molar-refractivity contribution in [3.8, 4) is 0 Å². The van der Waals surface area contributed by atoms with Crippen molar-refractivity contribution in [1.29, 1.82) is 0 Å². The maximum absolute atomic E-state index is 5.82. The second-order valence-corrected chi connectivity index (χ2v) is 5.96. The van der Waals surface area contributed by atoms with Gasteiger partial charge in [-0.15, -0.1) is 0 Å². The number of morpholine rings is 1. The van der Waals surface area contributed by atoms with Gasteiger partial charge < -0.3 is 15.0 Å². The minimum absolute atomic E-state index is 0.309. The largest absolute Gasteiger partial charge is 0.372 e. The Hall–Kier alpha value is -1.06. The number of nitrogens with zero attached hydrogens (tertiary/aromatic N) is 1. The Bertz CT molecular complexity index is 423. The smallest absolute Gasteiger partial charge is 0.0726 e. The fourth-order valence-corrected chi connectivity index (χ4v) is 2.97. The lowest BCUT2D eigenvalue weighted by molar-refractivity contribution is -0.00524. The van der Waals surface area contributed by atoms with Gasteiger partial charge in [-0.1, -0.05) is 19.1 Å². The Balaban J connectivity index is 2.05. The van der Waals surface area contributed by atoms with Gasteiger partial charge in [0.1, 0.15) is 0 Å². The molecule has 0 aliphatic carbocycles. The van der Waals surface area contributed by atoms with Gasteiger partial charge in [-0.05, 0) is 50.9 Å². The highest BCUT2D eigenvalue weighted by Gasteiger charge is 2.23. The molecule has 3 heteroatoms. The first kappa shape index (κ1) is 15.3. The molecule has 0 bridgehead atoms. The van der Waals surface area contributed by atoms with Crippen LogP contribution in [0.3, 0.4) is 0 Å². The van der Waals surface area contributed by atoms with Gasteiger partial charge in [-0.25, -0.2) is 0 Å². The van der Waals surface area contributed by atoms with E-state index >= 15 is 0 Å². The highest BCUT2D eigenvalue weighted by molar-refractivity contribution is 5.55. The van der Waals surface area contributed by atoms with E-state index in [4.69, 9.17) is 4.74 Å². The summed E-state index contributed by atoms with van der Waals surface area (Å²) in [6, 6.07) is 6.82. The third kappa shape index (κ3) is 3.97. The standard InChI is InChI=1S/C17H28N2O/c1-5-8-18-10-16-6-7-17(13(2)9-16)19-11-14(3)20-15(4)12-19/h6-7,9,14-15,18H,5,8,10-12H2,1-4H3. The molecular weight excluding hydrogens is 248 g/mol. The highest BCUT2D eigenvalue weighted by atomic mass is 16.5. The van der Waals surface area contributed by atoms with Gasteiger partial charge in [-0.3, -0.25) is 0 Å². The zero-order valence-corrected chi connectivity index (χ0v) is 13.3. The molecule has 3 nitrogen and oxygen atoms in total. The Morgan fingerprint density at radius 3 is 2.55 bits per heavy atom. The van der Waals surface area contributed by atoms with Crippen molar-refractivity contribution in [1.82, 2.24) is 5.32 Å². The van der Waals surface area contributed by atoms with Gasteiger partial charge in [0.2, 0.25) is 0 Å². The van der Waals surface area contributed by atoms with Crippen molar-refractivity contribution in [2.24, 2.45) is 0 Å². The molecule has 20 heavy (non-hydrogen) atoms. The lowest BCUT2D eigenvalue weighted by Crippen LogP contribution is -2.45. The van der Waals surface area contributed by atoms with Crippen LogP contribution in [0.25, 0.3) is 0 Å². The number of ether oxygens (including phenoxy) is 1. The SMILES string of the molecule is CCCNCc1ccc(N2CC(C)OC(C)C2)c(C)c1. The molecule has 1 heterocycles. The van der Waals surface area contributed by atoms with E-state index in [0.717, 1.165) is 26.2 Å². The van der Waals surface area contributed by atoms with Crippen LogP contribution < -0.4 is 10.2 Å².